The average Bonchev–Trinajstić information content (AvgIpc) is 2.61. The van der Waals surface area contributed by atoms with Crippen molar-refractivity contribution in [2.75, 3.05) is 19.5 Å². The summed E-state index contributed by atoms with van der Waals surface area (Å²) in [6.07, 6.45) is 0. The Morgan fingerprint density at radius 2 is 1.64 bits per heavy atom. The molecule has 2 aromatic rings. The highest BCUT2D eigenvalue weighted by molar-refractivity contribution is 5.95. The third kappa shape index (κ3) is 3.82. The summed E-state index contributed by atoms with van der Waals surface area (Å²) in [5.74, 6) is -0.116. The number of nitrogens with one attached hydrogen (secondary N) is 2. The van der Waals surface area contributed by atoms with Crippen molar-refractivity contribution in [1.29, 1.82) is 5.41 Å². The van der Waals surface area contributed by atoms with Gasteiger partial charge in [0.05, 0.1) is 14.2 Å². The minimum Gasteiger partial charge on any atom is -0.497 e. The number of nitrogen functional groups attached to an aromatic ring is 1. The minimum atomic E-state index is -1.42. The second kappa shape index (κ2) is 7.12. The fourth-order valence-electron chi connectivity index (χ4n) is 2.37. The highest BCUT2D eigenvalue weighted by Crippen LogP contribution is 2.33. The van der Waals surface area contributed by atoms with Crippen LogP contribution in [0.5, 0.6) is 11.5 Å². The fraction of sp³-hybridized carbons (Fsp3) is 0.222. The van der Waals surface area contributed by atoms with Gasteiger partial charge < -0.3 is 25.6 Å². The van der Waals surface area contributed by atoms with Crippen LogP contribution in [0.3, 0.4) is 0 Å². The van der Waals surface area contributed by atoms with Gasteiger partial charge in [0.1, 0.15) is 17.3 Å². The van der Waals surface area contributed by atoms with Crippen LogP contribution in [-0.4, -0.2) is 31.1 Å². The molecule has 0 aliphatic heterocycles. The van der Waals surface area contributed by atoms with Crippen LogP contribution in [0.25, 0.3) is 0 Å². The summed E-state index contributed by atoms with van der Waals surface area (Å²) in [6.45, 7) is 1.56. The van der Waals surface area contributed by atoms with E-state index in [9.17, 15) is 9.90 Å². The number of aliphatic carboxylic acids is 1. The molecule has 1 unspecified atom stereocenters. The quantitative estimate of drug-likeness (QED) is 0.453. The number of hydrogen-bond acceptors (Lipinski definition) is 5. The number of amidine groups is 1. The van der Waals surface area contributed by atoms with Gasteiger partial charge >= 0.3 is 5.97 Å². The number of benzene rings is 2. The third-order valence-corrected chi connectivity index (χ3v) is 3.95. The number of methoxy groups -OCH3 is 2. The van der Waals surface area contributed by atoms with E-state index in [4.69, 9.17) is 20.6 Å². The van der Waals surface area contributed by atoms with Gasteiger partial charge in [0, 0.05) is 17.3 Å². The molecule has 0 aliphatic carbocycles. The number of nitrogens with two attached hydrogens (primary N) is 1. The molecule has 5 N–H and O–H groups in total. The second-order valence-corrected chi connectivity index (χ2v) is 5.65. The average molecular weight is 343 g/mol. The van der Waals surface area contributed by atoms with Crippen LogP contribution >= 0.6 is 0 Å². The van der Waals surface area contributed by atoms with Crippen molar-refractivity contribution in [2.45, 2.75) is 12.5 Å². The van der Waals surface area contributed by atoms with E-state index in [1.807, 2.05) is 0 Å². The first-order chi connectivity index (χ1) is 11.8. The second-order valence-electron chi connectivity index (χ2n) is 5.65. The van der Waals surface area contributed by atoms with E-state index >= 15 is 0 Å². The Kier molecular flexibility index (Phi) is 5.17. The molecule has 0 radical (unpaired) electrons. The number of carboxylic acids is 1. The zero-order valence-electron chi connectivity index (χ0n) is 14.3. The number of anilines is 1. The van der Waals surface area contributed by atoms with Crippen molar-refractivity contribution in [3.8, 4) is 11.5 Å². The lowest BCUT2D eigenvalue weighted by Gasteiger charge is -2.28. The van der Waals surface area contributed by atoms with E-state index in [-0.39, 0.29) is 5.84 Å². The SMILES string of the molecule is COc1cc(OC)cc(C(C)(Nc2ccc(C(=N)N)cc2)C(=O)O)c1. The molecule has 2 aromatic carbocycles. The van der Waals surface area contributed by atoms with Crippen LogP contribution in [0.4, 0.5) is 5.69 Å². The molecule has 0 saturated carbocycles. The minimum absolute atomic E-state index is 0.0509. The molecule has 7 heteroatoms. The summed E-state index contributed by atoms with van der Waals surface area (Å²) < 4.78 is 10.5. The maximum Gasteiger partial charge on any atom is 0.333 e. The van der Waals surface area contributed by atoms with E-state index in [1.165, 1.54) is 14.2 Å². The number of ether oxygens (including phenoxy) is 2. The standard InChI is InChI=1S/C18H21N3O4/c1-18(17(22)23,12-8-14(24-2)10-15(9-12)25-3)21-13-6-4-11(5-7-13)16(19)20/h4-10,21H,1-3H3,(H3,19,20)(H,22,23). The van der Waals surface area contributed by atoms with E-state index in [0.717, 1.165) is 0 Å². The molecule has 0 saturated heterocycles. The van der Waals surface area contributed by atoms with Crippen LogP contribution < -0.4 is 20.5 Å². The van der Waals surface area contributed by atoms with Crippen molar-refractivity contribution in [3.05, 3.63) is 53.6 Å². The van der Waals surface area contributed by atoms with Crippen molar-refractivity contribution < 1.29 is 19.4 Å². The van der Waals surface area contributed by atoms with Crippen molar-refractivity contribution in [2.24, 2.45) is 5.73 Å². The van der Waals surface area contributed by atoms with Crippen molar-refractivity contribution in [3.63, 3.8) is 0 Å². The van der Waals surface area contributed by atoms with Crippen LogP contribution in [0.2, 0.25) is 0 Å². The number of rotatable bonds is 7. The largest absolute Gasteiger partial charge is 0.497 e. The Bertz CT molecular complexity index is 767. The van der Waals surface area contributed by atoms with Gasteiger partial charge in [0.15, 0.2) is 5.54 Å². The van der Waals surface area contributed by atoms with Gasteiger partial charge in [-0.1, -0.05) is 0 Å². The van der Waals surface area contributed by atoms with Gasteiger partial charge in [-0.3, -0.25) is 5.41 Å². The lowest BCUT2D eigenvalue weighted by molar-refractivity contribution is -0.142. The van der Waals surface area contributed by atoms with Gasteiger partial charge in [-0.2, -0.15) is 0 Å². The molecule has 0 heterocycles. The van der Waals surface area contributed by atoms with Gasteiger partial charge in [-0.15, -0.1) is 0 Å². The Morgan fingerprint density at radius 1 is 1.12 bits per heavy atom. The lowest BCUT2D eigenvalue weighted by atomic mass is 9.91. The van der Waals surface area contributed by atoms with E-state index < -0.39 is 11.5 Å². The predicted octanol–water partition coefficient (Wildman–Crippen LogP) is 2.40. The molecular formula is C18H21N3O4. The summed E-state index contributed by atoms with van der Waals surface area (Å²) in [7, 11) is 3.01. The normalized spacial score (nSPS) is 12.8. The molecule has 0 aromatic heterocycles. The topological polar surface area (TPSA) is 118 Å². The van der Waals surface area contributed by atoms with E-state index in [0.29, 0.717) is 28.3 Å². The van der Waals surface area contributed by atoms with Gasteiger partial charge in [-0.05, 0) is 48.9 Å². The van der Waals surface area contributed by atoms with Crippen LogP contribution in [0.15, 0.2) is 42.5 Å². The smallest absolute Gasteiger partial charge is 0.333 e. The molecule has 0 spiro atoms. The first-order valence-electron chi connectivity index (χ1n) is 7.49. The Balaban J connectivity index is 2.44. The number of hydrogen-bond donors (Lipinski definition) is 4. The van der Waals surface area contributed by atoms with E-state index in [1.54, 1.807) is 49.4 Å². The summed E-state index contributed by atoms with van der Waals surface area (Å²) in [4.78, 5) is 12.0. The molecule has 2 rings (SSSR count). The van der Waals surface area contributed by atoms with Gasteiger partial charge in [0.2, 0.25) is 0 Å². The summed E-state index contributed by atoms with van der Waals surface area (Å²) in [5, 5.41) is 20.3. The molecule has 0 aliphatic rings. The maximum absolute atomic E-state index is 12.0. The number of carbonyl (C=O) groups is 1. The molecule has 25 heavy (non-hydrogen) atoms. The van der Waals surface area contributed by atoms with Crippen LogP contribution in [0.1, 0.15) is 18.1 Å². The first-order valence-corrected chi connectivity index (χ1v) is 7.49. The Labute approximate surface area is 145 Å². The Morgan fingerprint density at radius 3 is 2.04 bits per heavy atom. The third-order valence-electron chi connectivity index (χ3n) is 3.95. The van der Waals surface area contributed by atoms with Crippen LogP contribution in [-0.2, 0) is 10.3 Å². The van der Waals surface area contributed by atoms with Crippen molar-refractivity contribution in [1.82, 2.24) is 0 Å². The molecule has 0 fully saturated rings. The highest BCUT2D eigenvalue weighted by atomic mass is 16.5. The molecule has 0 amide bonds. The monoisotopic (exact) mass is 343 g/mol. The van der Waals surface area contributed by atoms with Crippen molar-refractivity contribution >= 4 is 17.5 Å². The summed E-state index contributed by atoms with van der Waals surface area (Å²) in [6, 6.07) is 11.6. The summed E-state index contributed by atoms with van der Waals surface area (Å²) >= 11 is 0. The molecule has 132 valence electrons. The highest BCUT2D eigenvalue weighted by Gasteiger charge is 2.36. The zero-order valence-corrected chi connectivity index (χ0v) is 14.3. The van der Waals surface area contributed by atoms with Crippen LogP contribution in [0, 0.1) is 5.41 Å². The fourth-order valence-corrected chi connectivity index (χ4v) is 2.37. The molecule has 0 bridgehead atoms. The van der Waals surface area contributed by atoms with Gasteiger partial charge in [-0.25, -0.2) is 4.79 Å². The maximum atomic E-state index is 12.0. The zero-order chi connectivity index (χ0) is 18.6. The predicted molar refractivity (Wildman–Crippen MR) is 95.6 cm³/mol. The molecule has 1 atom stereocenters. The van der Waals surface area contributed by atoms with Gasteiger partial charge in [0.25, 0.3) is 0 Å². The summed E-state index contributed by atoms with van der Waals surface area (Å²) in [5.41, 5.74) is 5.64. The number of carboxylic acid groups (broad SMARTS) is 1. The first kappa shape index (κ1) is 18.1. The Hall–Kier alpha value is -3.22. The molecular weight excluding hydrogens is 322 g/mol. The molecule has 7 nitrogen and oxygen atoms in total. The van der Waals surface area contributed by atoms with E-state index in [2.05, 4.69) is 5.32 Å². The lowest BCUT2D eigenvalue weighted by Crippen LogP contribution is -2.40.